The van der Waals surface area contributed by atoms with Crippen molar-refractivity contribution < 1.29 is 9.90 Å². The number of carboxylic acids is 1. The Bertz CT molecular complexity index is 395. The summed E-state index contributed by atoms with van der Waals surface area (Å²) in [6.07, 6.45) is 5.15. The largest absolute Gasteiger partial charge is 0.476 e. The third kappa shape index (κ3) is 2.36. The van der Waals surface area contributed by atoms with Crippen LogP contribution < -0.4 is 0 Å². The molecule has 16 heavy (non-hydrogen) atoms. The van der Waals surface area contributed by atoms with E-state index in [4.69, 9.17) is 5.11 Å². The topological polar surface area (TPSA) is 66.3 Å². The van der Waals surface area contributed by atoms with Crippen molar-refractivity contribution in [3.8, 4) is 0 Å². The number of rotatable bonds is 2. The minimum atomic E-state index is -1.02. The highest BCUT2D eigenvalue weighted by atomic mass is 16.4. The molecule has 0 saturated carbocycles. The fourth-order valence-corrected chi connectivity index (χ4v) is 2.09. The molecule has 0 unspecified atom stereocenters. The van der Waals surface area contributed by atoms with Gasteiger partial charge in [0.05, 0.1) is 11.9 Å². The smallest absolute Gasteiger partial charge is 0.356 e. The van der Waals surface area contributed by atoms with Gasteiger partial charge in [-0.25, -0.2) is 9.78 Å². The van der Waals surface area contributed by atoms with Gasteiger partial charge in [0, 0.05) is 18.7 Å². The standard InChI is InChI=1S/C11H15N3O2/c1-14-4-2-3-8(7-14)9-5-12-6-10(13-9)11(15)16/h5-6,8H,2-4,7H2,1H3,(H,15,16)/t8-/m0/s1. The molecule has 0 bridgehead atoms. The van der Waals surface area contributed by atoms with Gasteiger partial charge in [0.15, 0.2) is 5.69 Å². The Hall–Kier alpha value is -1.49. The highest BCUT2D eigenvalue weighted by molar-refractivity contribution is 5.84. The van der Waals surface area contributed by atoms with E-state index in [0.717, 1.165) is 31.6 Å². The maximum atomic E-state index is 10.8. The Labute approximate surface area is 94.1 Å². The molecule has 1 aliphatic rings. The van der Waals surface area contributed by atoms with Gasteiger partial charge >= 0.3 is 5.97 Å². The minimum Gasteiger partial charge on any atom is -0.476 e. The first-order valence-electron chi connectivity index (χ1n) is 5.40. The second-order valence-electron chi connectivity index (χ2n) is 4.24. The summed E-state index contributed by atoms with van der Waals surface area (Å²) in [5.41, 5.74) is 0.831. The highest BCUT2D eigenvalue weighted by Gasteiger charge is 2.21. The van der Waals surface area contributed by atoms with Crippen molar-refractivity contribution in [2.75, 3.05) is 20.1 Å². The maximum Gasteiger partial charge on any atom is 0.356 e. The fraction of sp³-hybridized carbons (Fsp3) is 0.545. The molecule has 0 spiro atoms. The molecule has 1 aliphatic heterocycles. The predicted molar refractivity (Wildman–Crippen MR) is 58.5 cm³/mol. The van der Waals surface area contributed by atoms with Crippen LogP contribution in [0.2, 0.25) is 0 Å². The predicted octanol–water partition coefficient (Wildman–Crippen LogP) is 0.984. The van der Waals surface area contributed by atoms with Gasteiger partial charge in [-0.05, 0) is 26.4 Å². The van der Waals surface area contributed by atoms with E-state index in [-0.39, 0.29) is 5.69 Å². The van der Waals surface area contributed by atoms with Crippen LogP contribution in [0.1, 0.15) is 34.9 Å². The highest BCUT2D eigenvalue weighted by Crippen LogP contribution is 2.24. The Kier molecular flexibility index (Phi) is 3.14. The summed E-state index contributed by atoms with van der Waals surface area (Å²) in [5.74, 6) is -0.705. The first-order valence-corrected chi connectivity index (χ1v) is 5.40. The van der Waals surface area contributed by atoms with Crippen molar-refractivity contribution in [1.82, 2.24) is 14.9 Å². The number of carboxylic acid groups (broad SMARTS) is 1. The first-order chi connectivity index (χ1) is 7.66. The Morgan fingerprint density at radius 1 is 1.56 bits per heavy atom. The molecule has 86 valence electrons. The number of aromatic carboxylic acids is 1. The molecule has 1 N–H and O–H groups in total. The average molecular weight is 221 g/mol. The van der Waals surface area contributed by atoms with E-state index in [1.54, 1.807) is 6.20 Å². The lowest BCUT2D eigenvalue weighted by Gasteiger charge is -2.29. The lowest BCUT2D eigenvalue weighted by atomic mass is 9.95. The second kappa shape index (κ2) is 4.57. The molecule has 1 aromatic rings. The third-order valence-electron chi connectivity index (χ3n) is 2.92. The molecule has 5 heteroatoms. The van der Waals surface area contributed by atoms with Gasteiger partial charge in [-0.15, -0.1) is 0 Å². The zero-order valence-corrected chi connectivity index (χ0v) is 9.26. The van der Waals surface area contributed by atoms with E-state index < -0.39 is 5.97 Å². The molecular formula is C11H15N3O2. The van der Waals surface area contributed by atoms with E-state index >= 15 is 0 Å². The van der Waals surface area contributed by atoms with E-state index in [1.807, 2.05) is 0 Å². The number of likely N-dealkylation sites (tertiary alicyclic amines) is 1. The zero-order valence-electron chi connectivity index (χ0n) is 9.26. The van der Waals surface area contributed by atoms with Gasteiger partial charge in [-0.3, -0.25) is 4.98 Å². The molecule has 0 aliphatic carbocycles. The molecule has 1 saturated heterocycles. The average Bonchev–Trinajstić information content (AvgIpc) is 2.29. The van der Waals surface area contributed by atoms with Crippen LogP contribution in [-0.2, 0) is 0 Å². The van der Waals surface area contributed by atoms with Crippen LogP contribution >= 0.6 is 0 Å². The van der Waals surface area contributed by atoms with Crippen molar-refractivity contribution in [3.63, 3.8) is 0 Å². The summed E-state index contributed by atoms with van der Waals surface area (Å²) in [5, 5.41) is 8.85. The van der Waals surface area contributed by atoms with Crippen LogP contribution in [0.3, 0.4) is 0 Å². The van der Waals surface area contributed by atoms with Crippen LogP contribution in [0.15, 0.2) is 12.4 Å². The summed E-state index contributed by atoms with van der Waals surface area (Å²) in [7, 11) is 2.07. The van der Waals surface area contributed by atoms with Gasteiger partial charge in [0.25, 0.3) is 0 Å². The van der Waals surface area contributed by atoms with E-state index in [9.17, 15) is 4.79 Å². The number of likely N-dealkylation sites (N-methyl/N-ethyl adjacent to an activating group) is 1. The molecule has 5 nitrogen and oxygen atoms in total. The van der Waals surface area contributed by atoms with Crippen LogP contribution in [0.25, 0.3) is 0 Å². The fourth-order valence-electron chi connectivity index (χ4n) is 2.09. The minimum absolute atomic E-state index is 0.0331. The number of hydrogen-bond donors (Lipinski definition) is 1. The normalized spacial score (nSPS) is 21.9. The summed E-state index contributed by atoms with van der Waals surface area (Å²) < 4.78 is 0. The van der Waals surface area contributed by atoms with Crippen molar-refractivity contribution in [1.29, 1.82) is 0 Å². The monoisotopic (exact) mass is 221 g/mol. The molecule has 1 fully saturated rings. The van der Waals surface area contributed by atoms with Crippen LogP contribution in [0.5, 0.6) is 0 Å². The van der Waals surface area contributed by atoms with Crippen molar-refractivity contribution >= 4 is 5.97 Å². The van der Waals surface area contributed by atoms with E-state index in [0.29, 0.717) is 5.92 Å². The van der Waals surface area contributed by atoms with Gasteiger partial charge in [-0.2, -0.15) is 0 Å². The van der Waals surface area contributed by atoms with Crippen molar-refractivity contribution in [2.45, 2.75) is 18.8 Å². The van der Waals surface area contributed by atoms with Crippen molar-refractivity contribution in [2.24, 2.45) is 0 Å². The summed E-state index contributed by atoms with van der Waals surface area (Å²) in [6.45, 7) is 2.03. The lowest BCUT2D eigenvalue weighted by molar-refractivity contribution is 0.0689. The van der Waals surface area contributed by atoms with Gasteiger partial charge in [0.2, 0.25) is 0 Å². The van der Waals surface area contributed by atoms with Crippen LogP contribution in [0, 0.1) is 0 Å². The quantitative estimate of drug-likeness (QED) is 0.806. The molecule has 0 radical (unpaired) electrons. The Balaban J connectivity index is 2.19. The Morgan fingerprint density at radius 3 is 3.06 bits per heavy atom. The molecule has 2 rings (SSSR count). The van der Waals surface area contributed by atoms with Gasteiger partial charge < -0.3 is 10.0 Å². The number of nitrogens with zero attached hydrogens (tertiary/aromatic N) is 3. The maximum absolute atomic E-state index is 10.8. The number of hydrogen-bond acceptors (Lipinski definition) is 4. The second-order valence-corrected chi connectivity index (χ2v) is 4.24. The molecule has 0 amide bonds. The lowest BCUT2D eigenvalue weighted by Crippen LogP contribution is -2.31. The molecule has 1 aromatic heterocycles. The number of piperidine rings is 1. The van der Waals surface area contributed by atoms with Gasteiger partial charge in [0.1, 0.15) is 0 Å². The molecule has 2 heterocycles. The van der Waals surface area contributed by atoms with Crippen LogP contribution in [-0.4, -0.2) is 46.1 Å². The Morgan fingerprint density at radius 2 is 2.38 bits per heavy atom. The van der Waals surface area contributed by atoms with Gasteiger partial charge in [-0.1, -0.05) is 0 Å². The summed E-state index contributed by atoms with van der Waals surface area (Å²) >= 11 is 0. The van der Waals surface area contributed by atoms with E-state index in [1.165, 1.54) is 6.20 Å². The first kappa shape index (κ1) is 11.0. The van der Waals surface area contributed by atoms with Crippen LogP contribution in [0.4, 0.5) is 0 Å². The summed E-state index contributed by atoms with van der Waals surface area (Å²) in [6, 6.07) is 0. The molecule has 1 atom stereocenters. The SMILES string of the molecule is CN1CCC[C@H](c2cncc(C(=O)O)n2)C1. The zero-order chi connectivity index (χ0) is 11.5. The van der Waals surface area contributed by atoms with Crippen molar-refractivity contribution in [3.05, 3.63) is 23.8 Å². The van der Waals surface area contributed by atoms with E-state index in [2.05, 4.69) is 21.9 Å². The third-order valence-corrected chi connectivity index (χ3v) is 2.92. The number of aromatic nitrogens is 2. The number of carbonyl (C=O) groups is 1. The summed E-state index contributed by atoms with van der Waals surface area (Å²) in [4.78, 5) is 21.1. The molecular weight excluding hydrogens is 206 g/mol. The molecule has 0 aromatic carbocycles.